The predicted octanol–water partition coefficient (Wildman–Crippen LogP) is 6.10. The number of nitriles is 1. The van der Waals surface area contributed by atoms with Gasteiger partial charge in [-0.2, -0.15) is 18.4 Å². The van der Waals surface area contributed by atoms with Crippen LogP contribution < -0.4 is 10.1 Å². The molecule has 0 bridgehead atoms. The number of benzene rings is 3. The van der Waals surface area contributed by atoms with Crippen molar-refractivity contribution < 1.29 is 22.7 Å². The second-order valence-electron chi connectivity index (χ2n) is 6.94. The number of hydrogen-bond acceptors (Lipinski definition) is 3. The van der Waals surface area contributed by atoms with Crippen LogP contribution in [0, 0.1) is 17.2 Å². The molecule has 0 radical (unpaired) electrons. The lowest BCUT2D eigenvalue weighted by Gasteiger charge is -2.20. The molecule has 3 rings (SSSR count). The Balaban J connectivity index is 1.62. The van der Waals surface area contributed by atoms with Gasteiger partial charge in [0.25, 0.3) is 0 Å². The van der Waals surface area contributed by atoms with Gasteiger partial charge in [-0.1, -0.05) is 30.3 Å². The minimum Gasteiger partial charge on any atom is -0.457 e. The van der Waals surface area contributed by atoms with Gasteiger partial charge in [-0.3, -0.25) is 4.79 Å². The Labute approximate surface area is 177 Å². The number of alkyl halides is 3. The van der Waals surface area contributed by atoms with E-state index in [0.717, 1.165) is 0 Å². The second kappa shape index (κ2) is 9.81. The van der Waals surface area contributed by atoms with Crippen molar-refractivity contribution in [2.75, 3.05) is 5.32 Å². The van der Waals surface area contributed by atoms with Crippen LogP contribution in [-0.2, 0) is 11.2 Å². The van der Waals surface area contributed by atoms with Crippen molar-refractivity contribution in [2.24, 2.45) is 5.92 Å². The first-order valence-corrected chi connectivity index (χ1v) is 9.52. The number of hydrogen-bond donors (Lipinski definition) is 1. The molecule has 0 aliphatic rings. The largest absolute Gasteiger partial charge is 0.457 e. The Bertz CT molecular complexity index is 1040. The zero-order chi connectivity index (χ0) is 22.3. The average molecular weight is 424 g/mol. The maximum atomic E-state index is 13.5. The molecule has 0 fully saturated rings. The van der Waals surface area contributed by atoms with Gasteiger partial charge in [-0.05, 0) is 60.5 Å². The number of amides is 1. The van der Waals surface area contributed by atoms with Crippen LogP contribution in [0.15, 0.2) is 78.9 Å². The van der Waals surface area contributed by atoms with E-state index < -0.39 is 24.4 Å². The van der Waals surface area contributed by atoms with E-state index in [2.05, 4.69) is 5.32 Å². The molecular formula is C24H19F3N2O2. The molecule has 0 saturated heterocycles. The van der Waals surface area contributed by atoms with Gasteiger partial charge < -0.3 is 10.1 Å². The molecule has 0 saturated carbocycles. The number of para-hydroxylation sites is 1. The number of nitrogens with one attached hydrogen (secondary N) is 1. The number of anilines is 1. The molecule has 31 heavy (non-hydrogen) atoms. The second-order valence-corrected chi connectivity index (χ2v) is 6.94. The summed E-state index contributed by atoms with van der Waals surface area (Å²) in [5.41, 5.74) is 1.19. The SMILES string of the molecule is N#Cc1ccc(NC(=O)C[C@H](Cc2ccc(Oc3ccccc3)cc2)C(F)(F)F)cc1. The fourth-order valence-corrected chi connectivity index (χ4v) is 2.97. The Kier molecular flexibility index (Phi) is 6.93. The zero-order valence-corrected chi connectivity index (χ0v) is 16.4. The summed E-state index contributed by atoms with van der Waals surface area (Å²) in [7, 11) is 0. The van der Waals surface area contributed by atoms with Gasteiger partial charge in [0, 0.05) is 12.1 Å². The van der Waals surface area contributed by atoms with E-state index in [1.54, 1.807) is 36.4 Å². The summed E-state index contributed by atoms with van der Waals surface area (Å²) in [6.45, 7) is 0. The third kappa shape index (κ3) is 6.61. The van der Waals surface area contributed by atoms with E-state index in [1.807, 2.05) is 24.3 Å². The van der Waals surface area contributed by atoms with Gasteiger partial charge in [0.1, 0.15) is 11.5 Å². The van der Waals surface area contributed by atoms with Crippen molar-refractivity contribution in [3.8, 4) is 17.6 Å². The molecule has 3 aromatic carbocycles. The molecule has 0 heterocycles. The number of carbonyl (C=O) groups is 1. The summed E-state index contributed by atoms with van der Waals surface area (Å²) in [6, 6.07) is 23.2. The van der Waals surface area contributed by atoms with Gasteiger partial charge >= 0.3 is 6.18 Å². The highest BCUT2D eigenvalue weighted by molar-refractivity contribution is 5.90. The topological polar surface area (TPSA) is 62.1 Å². The quantitative estimate of drug-likeness (QED) is 0.498. The third-order valence-corrected chi connectivity index (χ3v) is 4.58. The van der Waals surface area contributed by atoms with E-state index >= 15 is 0 Å². The van der Waals surface area contributed by atoms with Gasteiger partial charge in [0.2, 0.25) is 5.91 Å². The summed E-state index contributed by atoms with van der Waals surface area (Å²) in [5, 5.41) is 11.2. The van der Waals surface area contributed by atoms with Crippen molar-refractivity contribution in [2.45, 2.75) is 19.0 Å². The molecule has 0 aliphatic carbocycles. The third-order valence-electron chi connectivity index (χ3n) is 4.58. The molecule has 0 aromatic heterocycles. The van der Waals surface area contributed by atoms with Gasteiger partial charge in [-0.15, -0.1) is 0 Å². The molecule has 1 N–H and O–H groups in total. The molecule has 0 spiro atoms. The molecule has 3 aromatic rings. The number of rotatable bonds is 7. The van der Waals surface area contributed by atoms with Crippen LogP contribution in [0.1, 0.15) is 17.5 Å². The number of halogens is 3. The Morgan fingerprint density at radius 1 is 0.935 bits per heavy atom. The highest BCUT2D eigenvalue weighted by Gasteiger charge is 2.40. The van der Waals surface area contributed by atoms with Gasteiger partial charge in [0.15, 0.2) is 0 Å². The molecule has 1 amide bonds. The highest BCUT2D eigenvalue weighted by Crippen LogP contribution is 2.33. The minimum absolute atomic E-state index is 0.324. The maximum Gasteiger partial charge on any atom is 0.392 e. The van der Waals surface area contributed by atoms with Crippen LogP contribution in [0.5, 0.6) is 11.5 Å². The summed E-state index contributed by atoms with van der Waals surface area (Å²) in [5.74, 6) is -1.43. The molecular weight excluding hydrogens is 405 g/mol. The van der Waals surface area contributed by atoms with Crippen LogP contribution in [0.4, 0.5) is 18.9 Å². The van der Waals surface area contributed by atoms with Crippen molar-refractivity contribution in [3.63, 3.8) is 0 Å². The van der Waals surface area contributed by atoms with Crippen molar-refractivity contribution in [3.05, 3.63) is 90.0 Å². The normalized spacial score (nSPS) is 11.9. The lowest BCUT2D eigenvalue weighted by molar-refractivity contribution is -0.177. The maximum absolute atomic E-state index is 13.5. The molecule has 0 unspecified atom stereocenters. The first-order chi connectivity index (χ1) is 14.8. The Hall–Kier alpha value is -3.79. The smallest absolute Gasteiger partial charge is 0.392 e. The van der Waals surface area contributed by atoms with Crippen LogP contribution in [0.25, 0.3) is 0 Å². The molecule has 1 atom stereocenters. The van der Waals surface area contributed by atoms with Crippen molar-refractivity contribution in [1.29, 1.82) is 5.26 Å². The van der Waals surface area contributed by atoms with Crippen molar-refractivity contribution >= 4 is 11.6 Å². The molecule has 158 valence electrons. The lowest BCUT2D eigenvalue weighted by atomic mass is 9.95. The fraction of sp³-hybridized carbons (Fsp3) is 0.167. The predicted molar refractivity (Wildman–Crippen MR) is 111 cm³/mol. The molecule has 0 aliphatic heterocycles. The number of nitrogens with zero attached hydrogens (tertiary/aromatic N) is 1. The molecule has 4 nitrogen and oxygen atoms in total. The Morgan fingerprint density at radius 3 is 2.13 bits per heavy atom. The summed E-state index contributed by atoms with van der Waals surface area (Å²) in [4.78, 5) is 12.2. The monoisotopic (exact) mass is 424 g/mol. The standard InChI is InChI=1S/C24H19F3N2O2/c25-24(26,27)19(15-23(30)29-20-10-6-18(16-28)7-11-20)14-17-8-12-22(13-9-17)31-21-4-2-1-3-5-21/h1-13,19H,14-15H2,(H,29,30)/t19-/m0/s1. The highest BCUT2D eigenvalue weighted by atomic mass is 19.4. The van der Waals surface area contributed by atoms with Gasteiger partial charge in [0.05, 0.1) is 17.6 Å². The fourth-order valence-electron chi connectivity index (χ4n) is 2.97. The van der Waals surface area contributed by atoms with Crippen LogP contribution in [0.3, 0.4) is 0 Å². The van der Waals surface area contributed by atoms with E-state index in [4.69, 9.17) is 10.00 Å². The molecule has 7 heteroatoms. The van der Waals surface area contributed by atoms with Crippen LogP contribution in [-0.4, -0.2) is 12.1 Å². The number of ether oxygens (including phenoxy) is 1. The van der Waals surface area contributed by atoms with E-state index in [1.165, 1.54) is 24.3 Å². The summed E-state index contributed by atoms with van der Waals surface area (Å²) in [6.07, 6.45) is -5.55. The number of carbonyl (C=O) groups excluding carboxylic acids is 1. The zero-order valence-electron chi connectivity index (χ0n) is 16.4. The first-order valence-electron chi connectivity index (χ1n) is 9.52. The summed E-state index contributed by atoms with van der Waals surface area (Å²) < 4.78 is 46.2. The lowest BCUT2D eigenvalue weighted by Crippen LogP contribution is -2.29. The Morgan fingerprint density at radius 2 is 1.55 bits per heavy atom. The summed E-state index contributed by atoms with van der Waals surface area (Å²) >= 11 is 0. The average Bonchev–Trinajstić information content (AvgIpc) is 2.75. The van der Waals surface area contributed by atoms with E-state index in [0.29, 0.717) is 28.3 Å². The van der Waals surface area contributed by atoms with E-state index in [-0.39, 0.29) is 6.42 Å². The minimum atomic E-state index is -4.53. The van der Waals surface area contributed by atoms with Gasteiger partial charge in [-0.25, -0.2) is 0 Å². The first kappa shape index (κ1) is 21.9. The van der Waals surface area contributed by atoms with Crippen LogP contribution in [0.2, 0.25) is 0 Å². The van der Waals surface area contributed by atoms with E-state index in [9.17, 15) is 18.0 Å². The van der Waals surface area contributed by atoms with Crippen LogP contribution >= 0.6 is 0 Å². The van der Waals surface area contributed by atoms with Crippen molar-refractivity contribution in [1.82, 2.24) is 0 Å².